The van der Waals surface area contributed by atoms with E-state index in [1.54, 1.807) is 4.68 Å². The van der Waals surface area contributed by atoms with E-state index in [-0.39, 0.29) is 0 Å². The molecule has 0 unspecified atom stereocenters. The van der Waals surface area contributed by atoms with Crippen molar-refractivity contribution in [2.75, 3.05) is 0 Å². The summed E-state index contributed by atoms with van der Waals surface area (Å²) in [5.74, 6) is 6.06. The van der Waals surface area contributed by atoms with Gasteiger partial charge in [0.15, 0.2) is 0 Å². The van der Waals surface area contributed by atoms with Crippen LogP contribution in [-0.2, 0) is 7.05 Å². The van der Waals surface area contributed by atoms with Crippen LogP contribution in [0.4, 0.5) is 0 Å². The van der Waals surface area contributed by atoms with Gasteiger partial charge in [0, 0.05) is 28.1 Å². The monoisotopic (exact) mass is 430 g/mol. The summed E-state index contributed by atoms with van der Waals surface area (Å²) >= 11 is 7.56. The van der Waals surface area contributed by atoms with Crippen LogP contribution in [0.5, 0.6) is 0 Å². The van der Waals surface area contributed by atoms with Crippen LogP contribution in [0.25, 0.3) is 11.3 Å². The summed E-state index contributed by atoms with van der Waals surface area (Å²) in [4.78, 5) is 1.01. The van der Waals surface area contributed by atoms with Crippen molar-refractivity contribution in [2.24, 2.45) is 7.05 Å². The molecule has 3 nitrogen and oxygen atoms in total. The van der Waals surface area contributed by atoms with E-state index in [2.05, 4.69) is 11.8 Å². The molecule has 0 fully saturated rings. The Labute approximate surface area is 185 Å². The summed E-state index contributed by atoms with van der Waals surface area (Å²) in [5.41, 5.74) is 3.22. The van der Waals surface area contributed by atoms with Gasteiger partial charge in [-0.15, -0.1) is 0 Å². The number of aromatic nitrogens is 2. The third-order valence-corrected chi connectivity index (χ3v) is 5.94. The van der Waals surface area contributed by atoms with Crippen molar-refractivity contribution >= 4 is 23.4 Å². The fraction of sp³-hybridized carbons (Fsp3) is 0.0800. The van der Waals surface area contributed by atoms with Gasteiger partial charge in [-0.3, -0.25) is 4.68 Å². The average molecular weight is 431 g/mol. The second-order valence-corrected chi connectivity index (χ2v) is 8.15. The molecule has 0 aliphatic heterocycles. The van der Waals surface area contributed by atoms with Gasteiger partial charge in [-0.05, 0) is 36.4 Å². The molecule has 0 aliphatic carbocycles. The van der Waals surface area contributed by atoms with Gasteiger partial charge in [-0.1, -0.05) is 83.7 Å². The maximum absolute atomic E-state index is 11.1. The average Bonchev–Trinajstić information content (AvgIpc) is 3.11. The number of nitrogens with zero attached hydrogens (tertiary/aromatic N) is 2. The molecule has 148 valence electrons. The summed E-state index contributed by atoms with van der Waals surface area (Å²) in [6, 6.07) is 27.1. The number of aliphatic hydroxyl groups excluding tert-OH is 1. The minimum absolute atomic E-state index is 0.684. The lowest BCUT2D eigenvalue weighted by Crippen LogP contribution is -1.99. The molecule has 0 saturated heterocycles. The van der Waals surface area contributed by atoms with Gasteiger partial charge in [-0.2, -0.15) is 5.10 Å². The van der Waals surface area contributed by atoms with Crippen LogP contribution in [0.3, 0.4) is 0 Å². The second kappa shape index (κ2) is 9.23. The highest BCUT2D eigenvalue weighted by Gasteiger charge is 2.23. The molecule has 0 aliphatic rings. The topological polar surface area (TPSA) is 38.0 Å². The van der Waals surface area contributed by atoms with Crippen LogP contribution >= 0.6 is 23.4 Å². The first-order valence-electron chi connectivity index (χ1n) is 9.42. The highest BCUT2D eigenvalue weighted by atomic mass is 35.5. The van der Waals surface area contributed by atoms with Gasteiger partial charge in [0.1, 0.15) is 16.8 Å². The van der Waals surface area contributed by atoms with E-state index in [1.165, 1.54) is 11.8 Å². The van der Waals surface area contributed by atoms with Crippen molar-refractivity contribution in [1.29, 1.82) is 0 Å². The molecule has 4 aromatic rings. The predicted molar refractivity (Wildman–Crippen MR) is 122 cm³/mol. The smallest absolute Gasteiger partial charge is 0.145 e. The Morgan fingerprint density at radius 1 is 0.933 bits per heavy atom. The van der Waals surface area contributed by atoms with Crippen LogP contribution in [0.1, 0.15) is 17.2 Å². The highest BCUT2D eigenvalue weighted by Crippen LogP contribution is 2.39. The zero-order chi connectivity index (χ0) is 20.9. The zero-order valence-electron chi connectivity index (χ0n) is 16.3. The van der Waals surface area contributed by atoms with E-state index >= 15 is 0 Å². The van der Waals surface area contributed by atoms with Crippen molar-refractivity contribution in [3.8, 4) is 23.1 Å². The Kier molecular flexibility index (Phi) is 6.25. The number of halogens is 1. The minimum Gasteiger partial charge on any atom is -0.376 e. The first kappa shape index (κ1) is 20.3. The highest BCUT2D eigenvalue weighted by molar-refractivity contribution is 7.99. The number of rotatable bonds is 4. The van der Waals surface area contributed by atoms with Crippen molar-refractivity contribution in [1.82, 2.24) is 9.78 Å². The largest absolute Gasteiger partial charge is 0.376 e. The summed E-state index contributed by atoms with van der Waals surface area (Å²) in [6.07, 6.45) is -0.982. The van der Waals surface area contributed by atoms with E-state index in [0.717, 1.165) is 26.7 Å². The molecule has 1 atom stereocenters. The third-order valence-electron chi connectivity index (χ3n) is 4.51. The van der Waals surface area contributed by atoms with E-state index < -0.39 is 6.10 Å². The van der Waals surface area contributed by atoms with Crippen LogP contribution in [-0.4, -0.2) is 14.9 Å². The summed E-state index contributed by atoms with van der Waals surface area (Å²) in [5, 5.41) is 17.3. The molecule has 3 aromatic carbocycles. The lowest BCUT2D eigenvalue weighted by atomic mass is 10.0. The summed E-state index contributed by atoms with van der Waals surface area (Å²) in [6.45, 7) is 0. The number of aliphatic hydroxyl groups is 1. The SMILES string of the molecule is Cn1nc(-c2ccccc2)c([C@@H](O)C#Cc2ccccc2)c1Sc1ccc(Cl)cc1. The van der Waals surface area contributed by atoms with Crippen molar-refractivity contribution in [3.05, 3.63) is 101 Å². The Hall–Kier alpha value is -2.97. The molecule has 0 amide bonds. The molecular weight excluding hydrogens is 412 g/mol. The molecule has 1 heterocycles. The summed E-state index contributed by atoms with van der Waals surface area (Å²) < 4.78 is 1.80. The molecule has 0 saturated carbocycles. The van der Waals surface area contributed by atoms with Crippen molar-refractivity contribution < 1.29 is 5.11 Å². The van der Waals surface area contributed by atoms with Gasteiger partial charge in [0.2, 0.25) is 0 Å². The van der Waals surface area contributed by atoms with Crippen molar-refractivity contribution in [2.45, 2.75) is 16.0 Å². The third kappa shape index (κ3) is 4.60. The van der Waals surface area contributed by atoms with E-state index in [1.807, 2.05) is 92.0 Å². The molecule has 0 bridgehead atoms. The summed E-state index contributed by atoms with van der Waals surface area (Å²) in [7, 11) is 1.88. The number of benzene rings is 3. The van der Waals surface area contributed by atoms with Crippen LogP contribution in [0.2, 0.25) is 5.02 Å². The Morgan fingerprint density at radius 2 is 1.57 bits per heavy atom. The zero-order valence-corrected chi connectivity index (χ0v) is 17.9. The van der Waals surface area contributed by atoms with E-state index in [0.29, 0.717) is 10.6 Å². The fourth-order valence-electron chi connectivity index (χ4n) is 3.06. The van der Waals surface area contributed by atoms with Gasteiger partial charge in [0.05, 0.1) is 5.56 Å². The quantitative estimate of drug-likeness (QED) is 0.405. The minimum atomic E-state index is -0.982. The number of hydrogen-bond acceptors (Lipinski definition) is 3. The fourth-order valence-corrected chi connectivity index (χ4v) is 4.17. The maximum atomic E-state index is 11.1. The molecule has 4 rings (SSSR count). The second-order valence-electron chi connectivity index (χ2n) is 6.65. The number of aryl methyl sites for hydroxylation is 1. The maximum Gasteiger partial charge on any atom is 0.145 e. The van der Waals surface area contributed by atoms with Gasteiger partial charge in [0.25, 0.3) is 0 Å². The van der Waals surface area contributed by atoms with Crippen LogP contribution < -0.4 is 0 Å². The molecule has 1 N–H and O–H groups in total. The van der Waals surface area contributed by atoms with Gasteiger partial charge in [-0.25, -0.2) is 0 Å². The standard InChI is InChI=1S/C25H19ClN2OS/c1-28-25(30-21-15-13-20(26)14-16-21)23(24(27-28)19-10-6-3-7-11-19)22(29)17-12-18-8-4-2-5-9-18/h2-11,13-16,22,29H,1H3/t22-/m0/s1. The Balaban J connectivity index is 1.79. The first-order chi connectivity index (χ1) is 14.6. The van der Waals surface area contributed by atoms with Crippen molar-refractivity contribution in [3.63, 3.8) is 0 Å². The Morgan fingerprint density at radius 3 is 2.23 bits per heavy atom. The first-order valence-corrected chi connectivity index (χ1v) is 10.6. The molecule has 0 radical (unpaired) electrons. The molecule has 5 heteroatoms. The molecule has 0 spiro atoms. The van der Waals surface area contributed by atoms with Gasteiger partial charge >= 0.3 is 0 Å². The molecule has 1 aromatic heterocycles. The predicted octanol–water partition coefficient (Wildman–Crippen LogP) is 5.98. The van der Waals surface area contributed by atoms with Crippen LogP contribution in [0.15, 0.2) is 94.9 Å². The van der Waals surface area contributed by atoms with Crippen LogP contribution in [0, 0.1) is 11.8 Å². The lowest BCUT2D eigenvalue weighted by Gasteiger charge is -2.09. The normalized spacial score (nSPS) is 11.6. The molecular formula is C25H19ClN2OS. The Bertz CT molecular complexity index is 1190. The van der Waals surface area contributed by atoms with E-state index in [9.17, 15) is 5.11 Å². The molecule has 30 heavy (non-hydrogen) atoms. The lowest BCUT2D eigenvalue weighted by molar-refractivity contribution is 0.235. The van der Waals surface area contributed by atoms with Gasteiger partial charge < -0.3 is 5.11 Å². The number of hydrogen-bond donors (Lipinski definition) is 1. The van der Waals surface area contributed by atoms with E-state index in [4.69, 9.17) is 16.7 Å².